The number of fused-ring (bicyclic) bond motifs is 1. The van der Waals surface area contributed by atoms with Crippen molar-refractivity contribution in [2.45, 2.75) is 51.7 Å². The summed E-state index contributed by atoms with van der Waals surface area (Å²) in [6.45, 7) is 5.33. The second kappa shape index (κ2) is 9.72. The zero-order chi connectivity index (χ0) is 20.4. The van der Waals surface area contributed by atoms with Gasteiger partial charge in [0.25, 0.3) is 5.91 Å². The van der Waals surface area contributed by atoms with Crippen molar-refractivity contribution >= 4 is 40.3 Å². The Morgan fingerprint density at radius 1 is 1.30 bits per heavy atom. The molecule has 8 nitrogen and oxygen atoms in total. The van der Waals surface area contributed by atoms with Gasteiger partial charge in [-0.15, -0.1) is 23.7 Å². The molecule has 1 amide bonds. The van der Waals surface area contributed by atoms with Crippen molar-refractivity contribution in [3.05, 3.63) is 29.5 Å². The minimum atomic E-state index is -0.327. The molecule has 0 unspecified atom stereocenters. The number of amides is 1. The highest BCUT2D eigenvalue weighted by Crippen LogP contribution is 2.27. The van der Waals surface area contributed by atoms with E-state index in [1.165, 1.54) is 0 Å². The fourth-order valence-electron chi connectivity index (χ4n) is 3.56. The van der Waals surface area contributed by atoms with Crippen LogP contribution >= 0.6 is 23.7 Å². The van der Waals surface area contributed by atoms with Crippen LogP contribution in [0.2, 0.25) is 0 Å². The van der Waals surface area contributed by atoms with Gasteiger partial charge in [-0.3, -0.25) is 4.79 Å². The number of halogens is 1. The van der Waals surface area contributed by atoms with Crippen molar-refractivity contribution in [3.8, 4) is 11.4 Å². The summed E-state index contributed by atoms with van der Waals surface area (Å²) in [5, 5.41) is 19.5. The number of rotatable bonds is 6. The second-order valence-electron chi connectivity index (χ2n) is 7.35. The Kier molecular flexibility index (Phi) is 7.27. The quantitative estimate of drug-likeness (QED) is 0.597. The number of anilines is 1. The molecule has 30 heavy (non-hydrogen) atoms. The molecule has 0 saturated carbocycles. The maximum Gasteiger partial charge on any atom is 0.272 e. The number of hydrogen-bond acceptors (Lipinski definition) is 7. The molecule has 3 aromatic rings. The normalized spacial score (nSPS) is 14.9. The summed E-state index contributed by atoms with van der Waals surface area (Å²) in [7, 11) is 0. The second-order valence-corrected chi connectivity index (χ2v) is 8.25. The molecule has 0 aromatic carbocycles. The van der Waals surface area contributed by atoms with Gasteiger partial charge in [-0.05, 0) is 25.7 Å². The number of carbonyl (C=O) groups is 1. The van der Waals surface area contributed by atoms with Crippen molar-refractivity contribution in [1.29, 1.82) is 0 Å². The lowest BCUT2D eigenvalue weighted by molar-refractivity contribution is 0.0541. The molecule has 1 fully saturated rings. The summed E-state index contributed by atoms with van der Waals surface area (Å²) >= 11 is 1.56. The van der Waals surface area contributed by atoms with Gasteiger partial charge in [0.2, 0.25) is 0 Å². The number of aromatic nitrogens is 4. The van der Waals surface area contributed by atoms with Gasteiger partial charge in [-0.1, -0.05) is 13.8 Å². The van der Waals surface area contributed by atoms with Gasteiger partial charge in [0, 0.05) is 36.8 Å². The topological polar surface area (TPSA) is 95.7 Å². The van der Waals surface area contributed by atoms with Crippen molar-refractivity contribution < 1.29 is 9.90 Å². The number of thiazole rings is 1. The molecule has 1 aliphatic rings. The van der Waals surface area contributed by atoms with Gasteiger partial charge < -0.3 is 15.3 Å². The molecule has 162 valence electrons. The van der Waals surface area contributed by atoms with E-state index >= 15 is 0 Å². The van der Waals surface area contributed by atoms with E-state index in [1.807, 2.05) is 11.6 Å². The van der Waals surface area contributed by atoms with Crippen LogP contribution in [0.1, 0.15) is 50.0 Å². The van der Waals surface area contributed by atoms with Gasteiger partial charge in [-0.25, -0.2) is 14.5 Å². The molecular formula is C20H27ClN6O2S. The Bertz CT molecular complexity index is 994. The minimum absolute atomic E-state index is 0. The van der Waals surface area contributed by atoms with Gasteiger partial charge >= 0.3 is 0 Å². The Balaban J connectivity index is 0.00000256. The van der Waals surface area contributed by atoms with E-state index in [0.29, 0.717) is 43.3 Å². The molecule has 2 N–H and O–H groups in total. The lowest BCUT2D eigenvalue weighted by atomic mass is 10.1. The first kappa shape index (κ1) is 22.5. The van der Waals surface area contributed by atoms with Crippen LogP contribution in [0.15, 0.2) is 23.8 Å². The number of carbonyl (C=O) groups excluding carboxylic acids is 1. The average Bonchev–Trinajstić information content (AvgIpc) is 3.35. The van der Waals surface area contributed by atoms with E-state index in [4.69, 9.17) is 4.98 Å². The largest absolute Gasteiger partial charge is 0.393 e. The van der Waals surface area contributed by atoms with Crippen molar-refractivity contribution in [3.63, 3.8) is 0 Å². The molecular weight excluding hydrogens is 424 g/mol. The molecule has 4 heterocycles. The summed E-state index contributed by atoms with van der Waals surface area (Å²) in [5.74, 6) is 1.03. The molecule has 0 atom stereocenters. The molecule has 3 aromatic heterocycles. The fourth-order valence-corrected chi connectivity index (χ4v) is 4.36. The Morgan fingerprint density at radius 3 is 2.73 bits per heavy atom. The standard InChI is InChI=1S/C20H26N6O2S.ClH/c1-3-13(4-2)22-17-11-16(19(28)25-7-5-14(27)6-8-25)23-18(24-17)15-12-21-26-9-10-29-20(15)26;/h9-14,27H,3-8H2,1-2H3,(H,22,23,24);1H. The van der Waals surface area contributed by atoms with Crippen molar-refractivity contribution in [2.75, 3.05) is 18.4 Å². The van der Waals surface area contributed by atoms with E-state index in [0.717, 1.165) is 23.2 Å². The number of aliphatic hydroxyl groups excluding tert-OH is 1. The molecule has 0 radical (unpaired) electrons. The summed E-state index contributed by atoms with van der Waals surface area (Å²) in [4.78, 5) is 25.1. The zero-order valence-electron chi connectivity index (χ0n) is 17.1. The Morgan fingerprint density at radius 2 is 2.03 bits per heavy atom. The zero-order valence-corrected chi connectivity index (χ0v) is 18.7. The number of piperidine rings is 1. The summed E-state index contributed by atoms with van der Waals surface area (Å²) in [6.07, 6.45) is 6.43. The Labute approximate surface area is 185 Å². The predicted octanol–water partition coefficient (Wildman–Crippen LogP) is 3.47. The van der Waals surface area contributed by atoms with E-state index in [2.05, 4.69) is 29.2 Å². The van der Waals surface area contributed by atoms with Crippen molar-refractivity contribution in [1.82, 2.24) is 24.5 Å². The fraction of sp³-hybridized carbons (Fsp3) is 0.500. The molecule has 10 heteroatoms. The van der Waals surface area contributed by atoms with Crippen LogP contribution in [-0.2, 0) is 0 Å². The van der Waals surface area contributed by atoms with Crippen LogP contribution in [0.5, 0.6) is 0 Å². The van der Waals surface area contributed by atoms with Crippen LogP contribution in [-0.4, -0.2) is 60.7 Å². The van der Waals surface area contributed by atoms with Gasteiger partial charge in [0.05, 0.1) is 17.9 Å². The third-order valence-electron chi connectivity index (χ3n) is 5.41. The molecule has 4 rings (SSSR count). The first-order valence-electron chi connectivity index (χ1n) is 10.1. The van der Waals surface area contributed by atoms with Gasteiger partial charge in [0.1, 0.15) is 16.3 Å². The number of nitrogens with one attached hydrogen (secondary N) is 1. The smallest absolute Gasteiger partial charge is 0.272 e. The highest BCUT2D eigenvalue weighted by atomic mass is 35.5. The minimum Gasteiger partial charge on any atom is -0.393 e. The highest BCUT2D eigenvalue weighted by molar-refractivity contribution is 7.16. The molecule has 0 aliphatic carbocycles. The number of aliphatic hydroxyl groups is 1. The number of nitrogens with zero attached hydrogens (tertiary/aromatic N) is 5. The van der Waals surface area contributed by atoms with Crippen LogP contribution in [0.25, 0.3) is 16.2 Å². The van der Waals surface area contributed by atoms with Crippen LogP contribution in [0.4, 0.5) is 5.82 Å². The van der Waals surface area contributed by atoms with Gasteiger partial charge in [0.15, 0.2) is 5.82 Å². The first-order chi connectivity index (χ1) is 14.1. The molecule has 0 spiro atoms. The average molecular weight is 451 g/mol. The maximum atomic E-state index is 13.1. The maximum absolute atomic E-state index is 13.1. The van der Waals surface area contributed by atoms with E-state index in [9.17, 15) is 9.90 Å². The summed E-state index contributed by atoms with van der Waals surface area (Å²) in [5.41, 5.74) is 1.19. The third kappa shape index (κ3) is 4.58. The molecule has 1 aliphatic heterocycles. The lowest BCUT2D eigenvalue weighted by Gasteiger charge is -2.29. The monoisotopic (exact) mass is 450 g/mol. The van der Waals surface area contributed by atoms with E-state index < -0.39 is 0 Å². The van der Waals surface area contributed by atoms with Crippen LogP contribution < -0.4 is 5.32 Å². The number of hydrogen-bond donors (Lipinski definition) is 2. The van der Waals surface area contributed by atoms with Crippen molar-refractivity contribution in [2.24, 2.45) is 0 Å². The Hall–Kier alpha value is -2.23. The predicted molar refractivity (Wildman–Crippen MR) is 120 cm³/mol. The van der Waals surface area contributed by atoms with Crippen LogP contribution in [0.3, 0.4) is 0 Å². The van der Waals surface area contributed by atoms with Gasteiger partial charge in [-0.2, -0.15) is 5.10 Å². The SMILES string of the molecule is CCC(CC)Nc1cc(C(=O)N2CCC(O)CC2)nc(-c2cnn3ccsc23)n1.Cl. The van der Waals surface area contributed by atoms with E-state index in [-0.39, 0.29) is 30.5 Å². The summed E-state index contributed by atoms with van der Waals surface area (Å²) < 4.78 is 1.79. The molecule has 1 saturated heterocycles. The third-order valence-corrected chi connectivity index (χ3v) is 6.29. The summed E-state index contributed by atoms with van der Waals surface area (Å²) in [6, 6.07) is 2.02. The number of likely N-dealkylation sites (tertiary alicyclic amines) is 1. The lowest BCUT2D eigenvalue weighted by Crippen LogP contribution is -2.40. The highest BCUT2D eigenvalue weighted by Gasteiger charge is 2.25. The molecule has 0 bridgehead atoms. The van der Waals surface area contributed by atoms with E-state index in [1.54, 1.807) is 33.0 Å². The first-order valence-corrected chi connectivity index (χ1v) is 11.0. The van der Waals surface area contributed by atoms with Crippen LogP contribution in [0, 0.1) is 0 Å².